The number of benzene rings is 2. The Morgan fingerprint density at radius 3 is 2.26 bits per heavy atom. The van der Waals surface area contributed by atoms with E-state index in [1.165, 1.54) is 0 Å². The standard InChI is InChI=1S/C25H28BrNO4/c1-24(2,3)31-23(28)27-14-12-19(13-15-27)25(29-16-17-30-25)22-7-5-4-6-21(22)18-8-10-20(26)11-9-18/h4-11,16-17,19H,12-15H2,1-3H3. The van der Waals surface area contributed by atoms with Gasteiger partial charge in [-0.15, -0.1) is 0 Å². The van der Waals surface area contributed by atoms with Gasteiger partial charge in [-0.05, 0) is 56.9 Å². The van der Waals surface area contributed by atoms with Crippen molar-refractivity contribution in [3.05, 3.63) is 71.1 Å². The number of hydrogen-bond acceptors (Lipinski definition) is 4. The second-order valence-electron chi connectivity index (χ2n) is 8.97. The van der Waals surface area contributed by atoms with Gasteiger partial charge in [-0.2, -0.15) is 0 Å². The first-order valence-electron chi connectivity index (χ1n) is 10.6. The Kier molecular flexibility index (Phi) is 6.02. The van der Waals surface area contributed by atoms with Crippen molar-refractivity contribution in [2.24, 2.45) is 5.92 Å². The summed E-state index contributed by atoms with van der Waals surface area (Å²) in [6.45, 7) is 6.87. The number of ether oxygens (including phenoxy) is 3. The molecule has 0 aromatic heterocycles. The topological polar surface area (TPSA) is 48.0 Å². The van der Waals surface area contributed by atoms with E-state index in [2.05, 4.69) is 40.2 Å². The summed E-state index contributed by atoms with van der Waals surface area (Å²) in [5.41, 5.74) is 2.68. The number of amides is 1. The molecular weight excluding hydrogens is 458 g/mol. The normalized spacial score (nSPS) is 18.4. The number of nitrogens with zero attached hydrogens (tertiary/aromatic N) is 1. The van der Waals surface area contributed by atoms with E-state index in [9.17, 15) is 4.79 Å². The molecule has 1 saturated heterocycles. The summed E-state index contributed by atoms with van der Waals surface area (Å²) in [5.74, 6) is -0.804. The molecule has 0 radical (unpaired) electrons. The van der Waals surface area contributed by atoms with Gasteiger partial charge in [0, 0.05) is 29.0 Å². The van der Waals surface area contributed by atoms with Gasteiger partial charge < -0.3 is 19.1 Å². The zero-order valence-corrected chi connectivity index (χ0v) is 19.7. The van der Waals surface area contributed by atoms with Gasteiger partial charge in [0.1, 0.15) is 18.1 Å². The number of carbonyl (C=O) groups excluding carboxylic acids is 1. The largest absolute Gasteiger partial charge is 0.452 e. The quantitative estimate of drug-likeness (QED) is 0.502. The van der Waals surface area contributed by atoms with Gasteiger partial charge in [-0.25, -0.2) is 4.79 Å². The van der Waals surface area contributed by atoms with E-state index in [1.807, 2.05) is 45.0 Å². The van der Waals surface area contributed by atoms with E-state index in [4.69, 9.17) is 14.2 Å². The van der Waals surface area contributed by atoms with Crippen molar-refractivity contribution in [3.63, 3.8) is 0 Å². The minimum Gasteiger partial charge on any atom is -0.452 e. The SMILES string of the molecule is CC(C)(C)OC(=O)N1CCC(C2(c3ccccc3-c3ccc(Br)cc3)OC=CO2)CC1. The Morgan fingerprint density at radius 2 is 1.65 bits per heavy atom. The van der Waals surface area contributed by atoms with E-state index in [0.717, 1.165) is 34.0 Å². The average Bonchev–Trinajstić information content (AvgIpc) is 3.24. The highest BCUT2D eigenvalue weighted by atomic mass is 79.9. The summed E-state index contributed by atoms with van der Waals surface area (Å²) >= 11 is 3.51. The molecule has 0 spiro atoms. The molecule has 31 heavy (non-hydrogen) atoms. The Labute approximate surface area is 192 Å². The second-order valence-corrected chi connectivity index (χ2v) is 9.89. The van der Waals surface area contributed by atoms with Crippen molar-refractivity contribution in [1.82, 2.24) is 4.90 Å². The highest BCUT2D eigenvalue weighted by molar-refractivity contribution is 9.10. The van der Waals surface area contributed by atoms with Crippen LogP contribution in [-0.4, -0.2) is 29.7 Å². The fourth-order valence-electron chi connectivity index (χ4n) is 4.26. The van der Waals surface area contributed by atoms with E-state index < -0.39 is 11.4 Å². The van der Waals surface area contributed by atoms with E-state index in [0.29, 0.717) is 13.1 Å². The maximum Gasteiger partial charge on any atom is 0.410 e. The summed E-state index contributed by atoms with van der Waals surface area (Å²) in [7, 11) is 0. The smallest absolute Gasteiger partial charge is 0.410 e. The van der Waals surface area contributed by atoms with Crippen LogP contribution < -0.4 is 0 Å². The van der Waals surface area contributed by atoms with Gasteiger partial charge >= 0.3 is 6.09 Å². The molecule has 2 aliphatic heterocycles. The average molecular weight is 486 g/mol. The fraction of sp³-hybridized carbons (Fsp3) is 0.400. The fourth-order valence-corrected chi connectivity index (χ4v) is 4.53. The molecule has 6 heteroatoms. The third kappa shape index (κ3) is 4.59. The van der Waals surface area contributed by atoms with Gasteiger partial charge in [-0.1, -0.05) is 52.3 Å². The zero-order valence-electron chi connectivity index (χ0n) is 18.1. The van der Waals surface area contributed by atoms with Gasteiger partial charge in [0.2, 0.25) is 0 Å². The number of likely N-dealkylation sites (tertiary alicyclic amines) is 1. The minimum atomic E-state index is -0.899. The number of halogens is 1. The summed E-state index contributed by atoms with van der Waals surface area (Å²) in [6, 6.07) is 16.5. The van der Waals surface area contributed by atoms with Crippen LogP contribution in [-0.2, 0) is 20.0 Å². The van der Waals surface area contributed by atoms with Crippen molar-refractivity contribution in [2.75, 3.05) is 13.1 Å². The summed E-state index contributed by atoms with van der Waals surface area (Å²) < 4.78 is 18.9. The van der Waals surface area contributed by atoms with Gasteiger partial charge in [0.15, 0.2) is 0 Å². The Morgan fingerprint density at radius 1 is 1.03 bits per heavy atom. The lowest BCUT2D eigenvalue weighted by atomic mass is 9.81. The molecule has 0 aliphatic carbocycles. The lowest BCUT2D eigenvalue weighted by Crippen LogP contribution is -2.47. The van der Waals surface area contributed by atoms with Crippen LogP contribution in [0, 0.1) is 5.92 Å². The van der Waals surface area contributed by atoms with Gasteiger partial charge in [0.25, 0.3) is 5.79 Å². The first-order valence-corrected chi connectivity index (χ1v) is 11.4. The third-order valence-corrected chi connectivity index (χ3v) is 6.21. The monoisotopic (exact) mass is 485 g/mol. The first-order chi connectivity index (χ1) is 14.8. The molecule has 4 rings (SSSR count). The molecule has 2 aliphatic rings. The summed E-state index contributed by atoms with van der Waals surface area (Å²) in [4.78, 5) is 14.3. The molecule has 5 nitrogen and oxygen atoms in total. The van der Waals surface area contributed by atoms with Crippen LogP contribution in [0.3, 0.4) is 0 Å². The molecular formula is C25H28BrNO4. The van der Waals surface area contributed by atoms with Crippen LogP contribution in [0.1, 0.15) is 39.2 Å². The predicted molar refractivity (Wildman–Crippen MR) is 123 cm³/mol. The molecule has 164 valence electrons. The number of piperidine rings is 1. The highest BCUT2D eigenvalue weighted by Crippen LogP contribution is 2.47. The van der Waals surface area contributed by atoms with Crippen molar-refractivity contribution >= 4 is 22.0 Å². The number of rotatable bonds is 3. The minimum absolute atomic E-state index is 0.0952. The van der Waals surface area contributed by atoms with E-state index >= 15 is 0 Å². The molecule has 0 bridgehead atoms. The van der Waals surface area contributed by atoms with Crippen LogP contribution >= 0.6 is 15.9 Å². The van der Waals surface area contributed by atoms with E-state index in [-0.39, 0.29) is 12.0 Å². The second kappa shape index (κ2) is 8.58. The zero-order chi connectivity index (χ0) is 22.1. The Hall–Kier alpha value is -2.47. The Balaban J connectivity index is 1.59. The predicted octanol–water partition coefficient (Wildman–Crippen LogP) is 6.43. The maximum atomic E-state index is 12.5. The van der Waals surface area contributed by atoms with E-state index in [1.54, 1.807) is 17.4 Å². The van der Waals surface area contributed by atoms with Crippen LogP contribution in [0.5, 0.6) is 0 Å². The van der Waals surface area contributed by atoms with Crippen molar-refractivity contribution in [1.29, 1.82) is 0 Å². The van der Waals surface area contributed by atoms with Crippen molar-refractivity contribution in [3.8, 4) is 11.1 Å². The molecule has 0 atom stereocenters. The molecule has 0 saturated carbocycles. The number of carbonyl (C=O) groups is 1. The molecule has 1 fully saturated rings. The van der Waals surface area contributed by atoms with Crippen LogP contribution in [0.25, 0.3) is 11.1 Å². The summed E-state index contributed by atoms with van der Waals surface area (Å²) in [5, 5.41) is 0. The molecule has 1 amide bonds. The molecule has 0 unspecified atom stereocenters. The lowest BCUT2D eigenvalue weighted by Gasteiger charge is -2.41. The number of hydrogen-bond donors (Lipinski definition) is 0. The van der Waals surface area contributed by atoms with Crippen molar-refractivity contribution < 1.29 is 19.0 Å². The van der Waals surface area contributed by atoms with Gasteiger partial charge in [-0.3, -0.25) is 0 Å². The lowest BCUT2D eigenvalue weighted by molar-refractivity contribution is -0.199. The maximum absolute atomic E-state index is 12.5. The highest BCUT2D eigenvalue weighted by Gasteiger charge is 2.49. The van der Waals surface area contributed by atoms with Crippen LogP contribution in [0.2, 0.25) is 0 Å². The van der Waals surface area contributed by atoms with Crippen molar-refractivity contribution in [2.45, 2.75) is 45.0 Å². The van der Waals surface area contributed by atoms with Gasteiger partial charge in [0.05, 0.1) is 0 Å². The molecule has 2 heterocycles. The van der Waals surface area contributed by atoms with Crippen LogP contribution in [0.15, 0.2) is 65.5 Å². The van der Waals surface area contributed by atoms with Crippen LogP contribution in [0.4, 0.5) is 4.79 Å². The molecule has 2 aromatic carbocycles. The molecule has 0 N–H and O–H groups in total. The first kappa shape index (κ1) is 21.8. The Bertz CT molecular complexity index is 948. The third-order valence-electron chi connectivity index (χ3n) is 5.68. The molecule has 2 aromatic rings. The summed E-state index contributed by atoms with van der Waals surface area (Å²) in [6.07, 6.45) is 4.50.